The summed E-state index contributed by atoms with van der Waals surface area (Å²) >= 11 is 0. The van der Waals surface area contributed by atoms with Crippen molar-refractivity contribution in [2.75, 3.05) is 6.26 Å². The summed E-state index contributed by atoms with van der Waals surface area (Å²) in [7, 11) is -0.916. The zero-order valence-electron chi connectivity index (χ0n) is 13.9. The molecule has 23 heavy (non-hydrogen) atoms. The normalized spacial score (nSPS) is 18.2. The molecule has 2 atom stereocenters. The number of hydrogen-bond donors (Lipinski definition) is 1. The van der Waals surface area contributed by atoms with E-state index in [2.05, 4.69) is 29.2 Å². The van der Waals surface area contributed by atoms with Crippen molar-refractivity contribution in [1.82, 2.24) is 15.1 Å². The van der Waals surface area contributed by atoms with Gasteiger partial charge >= 0.3 is 0 Å². The van der Waals surface area contributed by atoms with Gasteiger partial charge in [0.15, 0.2) is 0 Å². The Morgan fingerprint density at radius 2 is 1.96 bits per heavy atom. The summed E-state index contributed by atoms with van der Waals surface area (Å²) in [6, 6.07) is 10.9. The van der Waals surface area contributed by atoms with Crippen LogP contribution < -0.4 is 5.32 Å². The zero-order chi connectivity index (χ0) is 16.2. The van der Waals surface area contributed by atoms with Crippen LogP contribution in [0.5, 0.6) is 0 Å². The predicted octanol–water partition coefficient (Wildman–Crippen LogP) is 3.59. The highest BCUT2D eigenvalue weighted by molar-refractivity contribution is 7.84. The second-order valence-electron chi connectivity index (χ2n) is 6.35. The molecule has 0 amide bonds. The molecule has 0 bridgehead atoms. The van der Waals surface area contributed by atoms with E-state index in [9.17, 15) is 4.21 Å². The van der Waals surface area contributed by atoms with Crippen LogP contribution in [0.4, 0.5) is 0 Å². The lowest BCUT2D eigenvalue weighted by Gasteiger charge is -2.14. The topological polar surface area (TPSA) is 46.9 Å². The molecule has 0 radical (unpaired) electrons. The SMILES string of the molecule is C[C@@H](NCc1ccn(C2CCCC2)n1)c1ccc([S@](C)=O)cc1. The molecule has 3 rings (SSSR count). The van der Waals surface area contributed by atoms with Gasteiger partial charge in [0.25, 0.3) is 0 Å². The number of nitrogens with one attached hydrogen (secondary N) is 1. The van der Waals surface area contributed by atoms with Gasteiger partial charge in [-0.25, -0.2) is 0 Å². The fraction of sp³-hybridized carbons (Fsp3) is 0.500. The molecule has 0 unspecified atom stereocenters. The van der Waals surface area contributed by atoms with Crippen LogP contribution in [0.3, 0.4) is 0 Å². The maximum absolute atomic E-state index is 11.4. The first-order valence-corrected chi connectivity index (χ1v) is 9.90. The van der Waals surface area contributed by atoms with E-state index >= 15 is 0 Å². The molecule has 2 aromatic rings. The highest BCUT2D eigenvalue weighted by Gasteiger charge is 2.17. The Balaban J connectivity index is 1.56. The van der Waals surface area contributed by atoms with Crippen LogP contribution in [0.15, 0.2) is 41.4 Å². The average Bonchev–Trinajstić information content (AvgIpc) is 3.23. The van der Waals surface area contributed by atoms with Crippen molar-refractivity contribution in [2.24, 2.45) is 0 Å². The minimum absolute atomic E-state index is 0.242. The molecule has 124 valence electrons. The van der Waals surface area contributed by atoms with Crippen molar-refractivity contribution < 1.29 is 4.21 Å². The van der Waals surface area contributed by atoms with Crippen LogP contribution in [0.1, 0.15) is 55.9 Å². The standard InChI is InChI=1S/C18H25N3OS/c1-14(15-7-9-18(10-8-15)23(2)22)19-13-16-11-12-21(20-16)17-5-3-4-6-17/h7-12,14,17,19H,3-6,13H2,1-2H3/t14-,23+/m1/s1. The highest BCUT2D eigenvalue weighted by atomic mass is 32.2. The van der Waals surface area contributed by atoms with Gasteiger partial charge in [0.2, 0.25) is 0 Å². The average molecular weight is 331 g/mol. The van der Waals surface area contributed by atoms with E-state index in [0.29, 0.717) is 6.04 Å². The maximum Gasteiger partial charge on any atom is 0.0762 e. The Morgan fingerprint density at radius 3 is 2.61 bits per heavy atom. The molecule has 0 saturated heterocycles. The second-order valence-corrected chi connectivity index (χ2v) is 7.73. The van der Waals surface area contributed by atoms with Crippen LogP contribution in [0.25, 0.3) is 0 Å². The second kappa shape index (κ2) is 7.41. The number of nitrogens with zero attached hydrogens (tertiary/aromatic N) is 2. The summed E-state index contributed by atoms with van der Waals surface area (Å²) in [5.74, 6) is 0. The van der Waals surface area contributed by atoms with Gasteiger partial charge in [-0.15, -0.1) is 0 Å². The highest BCUT2D eigenvalue weighted by Crippen LogP contribution is 2.28. The fourth-order valence-electron chi connectivity index (χ4n) is 3.17. The van der Waals surface area contributed by atoms with Crippen molar-refractivity contribution in [3.8, 4) is 0 Å². The van der Waals surface area contributed by atoms with Crippen molar-refractivity contribution in [1.29, 1.82) is 0 Å². The summed E-state index contributed by atoms with van der Waals surface area (Å²) in [5.41, 5.74) is 2.30. The van der Waals surface area contributed by atoms with Gasteiger partial charge in [-0.1, -0.05) is 25.0 Å². The lowest BCUT2D eigenvalue weighted by Crippen LogP contribution is -2.18. The van der Waals surface area contributed by atoms with Gasteiger partial charge in [-0.05, 0) is 43.5 Å². The number of benzene rings is 1. The molecule has 5 heteroatoms. The van der Waals surface area contributed by atoms with Crippen LogP contribution >= 0.6 is 0 Å². The molecule has 1 heterocycles. The molecule has 1 N–H and O–H groups in total. The third-order valence-corrected chi connectivity index (χ3v) is 5.60. The number of hydrogen-bond acceptors (Lipinski definition) is 3. The van der Waals surface area contributed by atoms with Gasteiger partial charge in [0.1, 0.15) is 0 Å². The fourth-order valence-corrected chi connectivity index (χ4v) is 3.69. The Morgan fingerprint density at radius 1 is 1.26 bits per heavy atom. The van der Waals surface area contributed by atoms with E-state index < -0.39 is 10.8 Å². The van der Waals surface area contributed by atoms with Crippen molar-refractivity contribution >= 4 is 10.8 Å². The van der Waals surface area contributed by atoms with Crippen LogP contribution in [-0.2, 0) is 17.3 Å². The molecular weight excluding hydrogens is 306 g/mol. The molecular formula is C18H25N3OS. The summed E-state index contributed by atoms with van der Waals surface area (Å²) in [5, 5.41) is 8.23. The van der Waals surface area contributed by atoms with Gasteiger partial charge < -0.3 is 5.32 Å². The lowest BCUT2D eigenvalue weighted by molar-refractivity contribution is 0.458. The van der Waals surface area contributed by atoms with E-state index in [0.717, 1.165) is 17.1 Å². The Bertz CT molecular complexity index is 659. The minimum atomic E-state index is -0.916. The van der Waals surface area contributed by atoms with Gasteiger partial charge in [0.05, 0.1) is 11.7 Å². The maximum atomic E-state index is 11.4. The first-order valence-electron chi connectivity index (χ1n) is 8.34. The first kappa shape index (κ1) is 16.4. The smallest absolute Gasteiger partial charge is 0.0762 e. The van der Waals surface area contributed by atoms with E-state index in [1.54, 1.807) is 6.26 Å². The lowest BCUT2D eigenvalue weighted by atomic mass is 10.1. The minimum Gasteiger partial charge on any atom is -0.304 e. The third kappa shape index (κ3) is 4.09. The molecule has 1 aliphatic rings. The van der Waals surface area contributed by atoms with Crippen LogP contribution in [0.2, 0.25) is 0 Å². The van der Waals surface area contributed by atoms with Crippen molar-refractivity contribution in [3.05, 3.63) is 47.8 Å². The Labute approximate surface area is 140 Å². The number of aromatic nitrogens is 2. The Kier molecular flexibility index (Phi) is 5.28. The molecule has 1 aromatic carbocycles. The van der Waals surface area contributed by atoms with Crippen LogP contribution in [-0.4, -0.2) is 20.2 Å². The summed E-state index contributed by atoms with van der Waals surface area (Å²) in [6.45, 7) is 2.91. The Hall–Kier alpha value is -1.46. The van der Waals surface area contributed by atoms with E-state index in [4.69, 9.17) is 5.10 Å². The summed E-state index contributed by atoms with van der Waals surface area (Å²) < 4.78 is 13.6. The molecule has 0 aliphatic heterocycles. The molecule has 1 aromatic heterocycles. The predicted molar refractivity (Wildman–Crippen MR) is 93.8 cm³/mol. The van der Waals surface area contributed by atoms with Crippen molar-refractivity contribution in [2.45, 2.75) is 56.1 Å². The van der Waals surface area contributed by atoms with E-state index in [-0.39, 0.29) is 6.04 Å². The van der Waals surface area contributed by atoms with Crippen LogP contribution in [0, 0.1) is 0 Å². The quantitative estimate of drug-likeness (QED) is 0.880. The number of rotatable bonds is 6. The van der Waals surface area contributed by atoms with Gasteiger partial charge in [-0.2, -0.15) is 5.10 Å². The summed E-state index contributed by atoms with van der Waals surface area (Å²) in [6.07, 6.45) is 8.99. The first-order chi connectivity index (χ1) is 11.1. The molecule has 4 nitrogen and oxygen atoms in total. The molecule has 0 spiro atoms. The molecule has 1 fully saturated rings. The summed E-state index contributed by atoms with van der Waals surface area (Å²) in [4.78, 5) is 0.872. The molecule has 1 aliphatic carbocycles. The largest absolute Gasteiger partial charge is 0.304 e. The molecule has 1 saturated carbocycles. The van der Waals surface area contributed by atoms with Gasteiger partial charge in [0, 0.05) is 40.7 Å². The monoisotopic (exact) mass is 331 g/mol. The zero-order valence-corrected chi connectivity index (χ0v) is 14.7. The van der Waals surface area contributed by atoms with Crippen molar-refractivity contribution in [3.63, 3.8) is 0 Å². The third-order valence-electron chi connectivity index (χ3n) is 4.66. The van der Waals surface area contributed by atoms with Gasteiger partial charge in [-0.3, -0.25) is 8.89 Å². The van der Waals surface area contributed by atoms with E-state index in [1.807, 2.05) is 24.3 Å². The van der Waals surface area contributed by atoms with E-state index in [1.165, 1.54) is 31.2 Å².